The van der Waals surface area contributed by atoms with Crippen molar-refractivity contribution in [1.29, 1.82) is 0 Å². The van der Waals surface area contributed by atoms with Crippen LogP contribution >= 0.6 is 12.2 Å². The molecule has 0 spiro atoms. The number of anilines is 1. The van der Waals surface area contributed by atoms with Crippen molar-refractivity contribution in [3.8, 4) is 11.1 Å². The molecule has 0 unspecified atom stereocenters. The van der Waals surface area contributed by atoms with Crippen molar-refractivity contribution in [3.05, 3.63) is 54.6 Å². The van der Waals surface area contributed by atoms with Crippen LogP contribution in [0.5, 0.6) is 0 Å². The highest BCUT2D eigenvalue weighted by atomic mass is 32.1. The molecule has 2 aromatic rings. The van der Waals surface area contributed by atoms with Gasteiger partial charge in [-0.1, -0.05) is 48.5 Å². The Morgan fingerprint density at radius 3 is 2.25 bits per heavy atom. The molecule has 2 nitrogen and oxygen atoms in total. The van der Waals surface area contributed by atoms with Crippen LogP contribution in [0.15, 0.2) is 54.6 Å². The topological polar surface area (TPSA) is 31.9 Å². The summed E-state index contributed by atoms with van der Waals surface area (Å²) in [5, 5.41) is 13.1. The van der Waals surface area contributed by atoms with Crippen molar-refractivity contribution in [2.75, 3.05) is 5.32 Å². The minimum absolute atomic E-state index is 0.469. The normalized spacial score (nSPS) is 9.75. The van der Waals surface area contributed by atoms with Gasteiger partial charge in [-0.2, -0.15) is 0 Å². The second kappa shape index (κ2) is 4.77. The first-order valence-electron chi connectivity index (χ1n) is 4.90. The van der Waals surface area contributed by atoms with Crippen LogP contribution in [-0.4, -0.2) is 5.17 Å². The molecular weight excluding hydrogens is 218 g/mol. The largest absolute Gasteiger partial charge is 0.314 e. The van der Waals surface area contributed by atoms with E-state index in [1.807, 2.05) is 54.6 Å². The Hall–Kier alpha value is -1.87. The average Bonchev–Trinajstić information content (AvgIpc) is 2.30. The fraction of sp³-hybridized carbons (Fsp3) is 0. The van der Waals surface area contributed by atoms with E-state index in [-0.39, 0.29) is 0 Å². The molecule has 0 aliphatic heterocycles. The van der Waals surface area contributed by atoms with Gasteiger partial charge in [0.1, 0.15) is 0 Å². The first-order valence-corrected chi connectivity index (χ1v) is 5.30. The summed E-state index contributed by atoms with van der Waals surface area (Å²) in [6.45, 7) is 0. The molecule has 0 atom stereocenters. The maximum Gasteiger partial charge on any atom is 0.314 e. The van der Waals surface area contributed by atoms with E-state index in [1.165, 1.54) is 0 Å². The van der Waals surface area contributed by atoms with Crippen molar-refractivity contribution in [1.82, 2.24) is 0 Å². The summed E-state index contributed by atoms with van der Waals surface area (Å²) in [6.07, 6.45) is 0. The Labute approximate surface area is 99.6 Å². The van der Waals surface area contributed by atoms with Gasteiger partial charge >= 0.3 is 5.17 Å². The highest BCUT2D eigenvalue weighted by Gasteiger charge is 2.05. The number of benzene rings is 2. The molecule has 0 aliphatic rings. The molecule has 2 aromatic carbocycles. The third-order valence-electron chi connectivity index (χ3n) is 2.25. The molecule has 1 N–H and O–H groups in total. The summed E-state index contributed by atoms with van der Waals surface area (Å²) in [5.74, 6) is 0. The number of hydrogen-bond acceptors (Lipinski definition) is 1. The van der Waals surface area contributed by atoms with E-state index in [0.717, 1.165) is 16.8 Å². The van der Waals surface area contributed by atoms with Crippen LogP contribution in [0.4, 0.5) is 5.69 Å². The van der Waals surface area contributed by atoms with Crippen LogP contribution in [0.1, 0.15) is 0 Å². The first-order chi connectivity index (χ1) is 7.77. The Morgan fingerprint density at radius 1 is 0.938 bits per heavy atom. The Balaban J connectivity index is 2.44. The van der Waals surface area contributed by atoms with Crippen molar-refractivity contribution < 1.29 is 5.11 Å². The van der Waals surface area contributed by atoms with Gasteiger partial charge < -0.3 is 5.32 Å². The number of nitrogens with one attached hydrogen (secondary N) is 1. The van der Waals surface area contributed by atoms with Crippen LogP contribution in [0.2, 0.25) is 0 Å². The van der Waals surface area contributed by atoms with Gasteiger partial charge in [0.25, 0.3) is 0 Å². The van der Waals surface area contributed by atoms with Crippen molar-refractivity contribution in [2.24, 2.45) is 0 Å². The lowest BCUT2D eigenvalue weighted by molar-refractivity contribution is 0.440. The van der Waals surface area contributed by atoms with E-state index in [4.69, 9.17) is 0 Å². The van der Waals surface area contributed by atoms with Crippen molar-refractivity contribution >= 4 is 23.1 Å². The molecule has 0 bridgehead atoms. The third kappa shape index (κ3) is 2.38. The van der Waals surface area contributed by atoms with Gasteiger partial charge in [-0.15, -0.1) is 0 Å². The fourth-order valence-corrected chi connectivity index (χ4v) is 1.68. The van der Waals surface area contributed by atoms with Crippen molar-refractivity contribution in [3.63, 3.8) is 0 Å². The van der Waals surface area contributed by atoms with Gasteiger partial charge in [0.15, 0.2) is 0 Å². The summed E-state index contributed by atoms with van der Waals surface area (Å²) in [4.78, 5) is 0. The predicted molar refractivity (Wildman–Crippen MR) is 68.8 cm³/mol. The smallest absolute Gasteiger partial charge is 0.312 e. The fourth-order valence-electron chi connectivity index (χ4n) is 1.57. The van der Waals surface area contributed by atoms with Crippen molar-refractivity contribution in [2.45, 2.75) is 0 Å². The van der Waals surface area contributed by atoms with Crippen LogP contribution in [0.3, 0.4) is 0 Å². The molecule has 0 aliphatic carbocycles. The van der Waals surface area contributed by atoms with Gasteiger partial charge in [-0.25, -0.2) is 0 Å². The summed E-state index contributed by atoms with van der Waals surface area (Å²) in [5.41, 5.74) is 2.77. The SMILES string of the molecule is [O]C(=S)Nc1ccccc1-c1ccccc1. The molecular formula is C13H10NOS. The second-order valence-corrected chi connectivity index (χ2v) is 3.69. The zero-order valence-corrected chi connectivity index (χ0v) is 9.33. The number of para-hydroxylation sites is 1. The van der Waals surface area contributed by atoms with Gasteiger partial charge in [0, 0.05) is 11.3 Å². The van der Waals surface area contributed by atoms with E-state index in [2.05, 4.69) is 17.5 Å². The molecule has 0 heterocycles. The van der Waals surface area contributed by atoms with E-state index in [0.29, 0.717) is 0 Å². The van der Waals surface area contributed by atoms with Crippen LogP contribution < -0.4 is 5.32 Å². The summed E-state index contributed by atoms with van der Waals surface area (Å²) >= 11 is 4.52. The number of thiocarbonyl (C=S) groups is 1. The molecule has 0 saturated heterocycles. The minimum atomic E-state index is -0.469. The molecule has 79 valence electrons. The Kier molecular flexibility index (Phi) is 3.17. The first kappa shape index (κ1) is 10.6. The van der Waals surface area contributed by atoms with E-state index >= 15 is 0 Å². The highest BCUT2D eigenvalue weighted by molar-refractivity contribution is 7.80. The molecule has 1 radical (unpaired) electrons. The standard InChI is InChI=1S/C13H10NOS/c15-13(16)14-12-9-5-4-8-11(12)10-6-2-1-3-7-10/h1-9H,(H,14,16). The third-order valence-corrected chi connectivity index (χ3v) is 2.35. The quantitative estimate of drug-likeness (QED) is 0.798. The highest BCUT2D eigenvalue weighted by Crippen LogP contribution is 2.27. The maximum absolute atomic E-state index is 10.9. The van der Waals surface area contributed by atoms with E-state index < -0.39 is 5.17 Å². The molecule has 0 aromatic heterocycles. The Morgan fingerprint density at radius 2 is 1.56 bits per heavy atom. The van der Waals surface area contributed by atoms with Crippen LogP contribution in [0, 0.1) is 0 Å². The Bertz CT molecular complexity index is 496. The molecule has 3 heteroatoms. The summed E-state index contributed by atoms with van der Waals surface area (Å²) in [6, 6.07) is 17.5. The molecule has 16 heavy (non-hydrogen) atoms. The maximum atomic E-state index is 10.9. The average molecular weight is 228 g/mol. The molecule has 2 rings (SSSR count). The summed E-state index contributed by atoms with van der Waals surface area (Å²) in [7, 11) is 0. The van der Waals surface area contributed by atoms with Crippen LogP contribution in [-0.2, 0) is 5.11 Å². The zero-order valence-electron chi connectivity index (χ0n) is 8.51. The lowest BCUT2D eigenvalue weighted by Crippen LogP contribution is -2.06. The molecule has 0 saturated carbocycles. The lowest BCUT2D eigenvalue weighted by Gasteiger charge is -2.08. The zero-order chi connectivity index (χ0) is 11.4. The van der Waals surface area contributed by atoms with Gasteiger partial charge in [-0.3, -0.25) is 5.11 Å². The number of hydrogen-bond donors (Lipinski definition) is 1. The minimum Gasteiger partial charge on any atom is -0.312 e. The predicted octanol–water partition coefficient (Wildman–Crippen LogP) is 3.48. The molecule has 0 amide bonds. The monoisotopic (exact) mass is 228 g/mol. The number of rotatable bonds is 2. The lowest BCUT2D eigenvalue weighted by atomic mass is 10.0. The van der Waals surface area contributed by atoms with Crippen LogP contribution in [0.25, 0.3) is 11.1 Å². The van der Waals surface area contributed by atoms with Gasteiger partial charge in [-0.05, 0) is 23.8 Å². The van der Waals surface area contributed by atoms with Gasteiger partial charge in [0.05, 0.1) is 0 Å². The van der Waals surface area contributed by atoms with Gasteiger partial charge in [0.2, 0.25) is 0 Å². The van der Waals surface area contributed by atoms with E-state index in [9.17, 15) is 5.11 Å². The van der Waals surface area contributed by atoms with E-state index in [1.54, 1.807) is 0 Å². The second-order valence-electron chi connectivity index (χ2n) is 3.32. The molecule has 0 fully saturated rings. The summed E-state index contributed by atoms with van der Waals surface area (Å²) < 4.78 is 0.